The van der Waals surface area contributed by atoms with Crippen molar-refractivity contribution in [3.8, 4) is 5.75 Å². The molecule has 0 saturated carbocycles. The Morgan fingerprint density at radius 3 is 2.33 bits per heavy atom. The van der Waals surface area contributed by atoms with E-state index in [2.05, 4.69) is 0 Å². The van der Waals surface area contributed by atoms with E-state index in [4.69, 9.17) is 4.74 Å². The molecule has 0 aliphatic carbocycles. The molecule has 1 N–H and O–H groups in total. The number of hydrogen-bond donors (Lipinski definition) is 1. The van der Waals surface area contributed by atoms with Gasteiger partial charge in [-0.2, -0.15) is 0 Å². The Labute approximate surface area is 123 Å². The van der Waals surface area contributed by atoms with E-state index in [-0.39, 0.29) is 31.1 Å². The average molecular weight is 292 g/mol. The van der Waals surface area contributed by atoms with E-state index in [1.807, 2.05) is 13.8 Å². The SMILES string of the molecule is CC(C)Oc1ccc(C(O)CN2C(=O)CN(C)C2=O)cc1. The van der Waals surface area contributed by atoms with Gasteiger partial charge in [0.05, 0.1) is 18.8 Å². The summed E-state index contributed by atoms with van der Waals surface area (Å²) in [7, 11) is 1.56. The number of aliphatic hydroxyl groups is 1. The Balaban J connectivity index is 2.02. The van der Waals surface area contributed by atoms with Crippen molar-refractivity contribution in [1.29, 1.82) is 0 Å². The minimum Gasteiger partial charge on any atom is -0.491 e. The van der Waals surface area contributed by atoms with Crippen LogP contribution in [-0.2, 0) is 4.79 Å². The van der Waals surface area contributed by atoms with Crippen molar-refractivity contribution in [2.45, 2.75) is 26.1 Å². The first kappa shape index (κ1) is 15.3. The predicted molar refractivity (Wildman–Crippen MR) is 76.9 cm³/mol. The molecule has 1 unspecified atom stereocenters. The van der Waals surface area contributed by atoms with Gasteiger partial charge in [-0.25, -0.2) is 4.79 Å². The Bertz CT molecular complexity index is 527. The van der Waals surface area contributed by atoms with Crippen LogP contribution in [0.15, 0.2) is 24.3 Å². The van der Waals surface area contributed by atoms with Crippen LogP contribution in [-0.4, -0.2) is 53.1 Å². The number of hydrogen-bond acceptors (Lipinski definition) is 4. The Kier molecular flexibility index (Phi) is 4.47. The van der Waals surface area contributed by atoms with Crippen LogP contribution < -0.4 is 4.74 Å². The normalized spacial score (nSPS) is 16.8. The van der Waals surface area contributed by atoms with Crippen molar-refractivity contribution in [3.05, 3.63) is 29.8 Å². The monoisotopic (exact) mass is 292 g/mol. The minimum absolute atomic E-state index is 0.0353. The molecule has 2 rings (SSSR count). The summed E-state index contributed by atoms with van der Waals surface area (Å²) in [4.78, 5) is 25.8. The van der Waals surface area contributed by atoms with Gasteiger partial charge < -0.3 is 14.7 Å². The second-order valence-electron chi connectivity index (χ2n) is 5.39. The molecule has 1 aliphatic heterocycles. The number of rotatable bonds is 5. The molecular formula is C15H20N2O4. The van der Waals surface area contributed by atoms with Crippen LogP contribution >= 0.6 is 0 Å². The Morgan fingerprint density at radius 1 is 1.24 bits per heavy atom. The number of imide groups is 1. The van der Waals surface area contributed by atoms with Crippen LogP contribution in [0, 0.1) is 0 Å². The van der Waals surface area contributed by atoms with Crippen LogP contribution in [0.3, 0.4) is 0 Å². The molecule has 6 heteroatoms. The third kappa shape index (κ3) is 3.52. The summed E-state index contributed by atoms with van der Waals surface area (Å²) in [5, 5.41) is 10.2. The molecule has 0 aromatic heterocycles. The largest absolute Gasteiger partial charge is 0.491 e. The molecule has 6 nitrogen and oxygen atoms in total. The van der Waals surface area contributed by atoms with E-state index in [9.17, 15) is 14.7 Å². The molecule has 0 radical (unpaired) electrons. The second-order valence-corrected chi connectivity index (χ2v) is 5.39. The lowest BCUT2D eigenvalue weighted by atomic mass is 10.1. The number of urea groups is 1. The summed E-state index contributed by atoms with van der Waals surface area (Å²) in [6, 6.07) is 6.61. The van der Waals surface area contributed by atoms with Gasteiger partial charge in [-0.05, 0) is 31.5 Å². The second kappa shape index (κ2) is 6.13. The molecule has 1 aromatic rings. The van der Waals surface area contributed by atoms with Crippen molar-refractivity contribution >= 4 is 11.9 Å². The summed E-state index contributed by atoms with van der Waals surface area (Å²) in [5.41, 5.74) is 0.640. The number of carbonyl (C=O) groups is 2. The van der Waals surface area contributed by atoms with Crippen molar-refractivity contribution in [3.63, 3.8) is 0 Å². The highest BCUT2D eigenvalue weighted by Crippen LogP contribution is 2.21. The van der Waals surface area contributed by atoms with E-state index in [0.29, 0.717) is 11.3 Å². The number of β-amino-alcohol motifs (C(OH)–C–C–N with tert-alkyl or cyclic N) is 1. The summed E-state index contributed by atoms with van der Waals surface area (Å²) < 4.78 is 5.52. The van der Waals surface area contributed by atoms with E-state index < -0.39 is 6.10 Å². The van der Waals surface area contributed by atoms with Gasteiger partial charge in [0.15, 0.2) is 0 Å². The van der Waals surface area contributed by atoms with Gasteiger partial charge in [0.25, 0.3) is 0 Å². The fourth-order valence-electron chi connectivity index (χ4n) is 2.17. The predicted octanol–water partition coefficient (Wildman–Crippen LogP) is 1.40. The van der Waals surface area contributed by atoms with Gasteiger partial charge in [-0.15, -0.1) is 0 Å². The molecular weight excluding hydrogens is 272 g/mol. The van der Waals surface area contributed by atoms with Gasteiger partial charge >= 0.3 is 6.03 Å². The maximum atomic E-state index is 11.8. The third-order valence-corrected chi connectivity index (χ3v) is 3.22. The quantitative estimate of drug-likeness (QED) is 0.833. The molecule has 1 aromatic carbocycles. The molecule has 1 fully saturated rings. The topological polar surface area (TPSA) is 70.1 Å². The van der Waals surface area contributed by atoms with Crippen molar-refractivity contribution < 1.29 is 19.4 Å². The van der Waals surface area contributed by atoms with Gasteiger partial charge in [0, 0.05) is 7.05 Å². The molecule has 3 amide bonds. The number of ether oxygens (including phenoxy) is 1. The van der Waals surface area contributed by atoms with E-state index >= 15 is 0 Å². The molecule has 1 aliphatic rings. The zero-order valence-electron chi connectivity index (χ0n) is 12.4. The standard InChI is InChI=1S/C15H20N2O4/c1-10(2)21-12-6-4-11(5-7-12)13(18)8-17-14(19)9-16(3)15(17)20/h4-7,10,13,18H,8-9H2,1-3H3. The van der Waals surface area contributed by atoms with Crippen molar-refractivity contribution in [1.82, 2.24) is 9.80 Å². The maximum Gasteiger partial charge on any atom is 0.327 e. The van der Waals surface area contributed by atoms with E-state index in [1.165, 1.54) is 4.90 Å². The highest BCUT2D eigenvalue weighted by atomic mass is 16.5. The summed E-state index contributed by atoms with van der Waals surface area (Å²) in [6.07, 6.45) is -0.825. The van der Waals surface area contributed by atoms with Gasteiger partial charge in [-0.1, -0.05) is 12.1 Å². The maximum absolute atomic E-state index is 11.8. The van der Waals surface area contributed by atoms with Crippen molar-refractivity contribution in [2.75, 3.05) is 20.1 Å². The minimum atomic E-state index is -0.905. The van der Waals surface area contributed by atoms with Gasteiger partial charge in [-0.3, -0.25) is 9.69 Å². The molecule has 114 valence electrons. The fraction of sp³-hybridized carbons (Fsp3) is 0.467. The molecule has 0 spiro atoms. The zero-order valence-corrected chi connectivity index (χ0v) is 12.4. The smallest absolute Gasteiger partial charge is 0.327 e. The van der Waals surface area contributed by atoms with E-state index in [0.717, 1.165) is 4.90 Å². The van der Waals surface area contributed by atoms with Gasteiger partial charge in [0.1, 0.15) is 12.3 Å². The number of nitrogens with zero attached hydrogens (tertiary/aromatic N) is 2. The highest BCUT2D eigenvalue weighted by molar-refractivity contribution is 6.01. The summed E-state index contributed by atoms with van der Waals surface area (Å²) >= 11 is 0. The lowest BCUT2D eigenvalue weighted by molar-refractivity contribution is -0.126. The first-order valence-electron chi connectivity index (χ1n) is 6.88. The molecule has 1 atom stereocenters. The first-order valence-corrected chi connectivity index (χ1v) is 6.88. The molecule has 0 bridgehead atoms. The van der Waals surface area contributed by atoms with Crippen molar-refractivity contribution in [2.24, 2.45) is 0 Å². The molecule has 1 heterocycles. The first-order chi connectivity index (χ1) is 9.88. The van der Waals surface area contributed by atoms with Gasteiger partial charge in [0.2, 0.25) is 5.91 Å². The lowest BCUT2D eigenvalue weighted by Gasteiger charge is -2.19. The lowest BCUT2D eigenvalue weighted by Crippen LogP contribution is -2.35. The number of carbonyl (C=O) groups excluding carboxylic acids is 2. The Hall–Kier alpha value is -2.08. The number of aliphatic hydroxyl groups excluding tert-OH is 1. The summed E-state index contributed by atoms with van der Waals surface area (Å²) in [6.45, 7) is 3.90. The third-order valence-electron chi connectivity index (χ3n) is 3.22. The average Bonchev–Trinajstić information content (AvgIpc) is 2.65. The molecule has 1 saturated heterocycles. The number of amides is 3. The number of benzene rings is 1. The van der Waals surface area contributed by atoms with Crippen LogP contribution in [0.5, 0.6) is 5.75 Å². The number of likely N-dealkylation sites (N-methyl/N-ethyl adjacent to an activating group) is 1. The van der Waals surface area contributed by atoms with Crippen LogP contribution in [0.4, 0.5) is 4.79 Å². The fourth-order valence-corrected chi connectivity index (χ4v) is 2.17. The van der Waals surface area contributed by atoms with Crippen LogP contribution in [0.1, 0.15) is 25.5 Å². The highest BCUT2D eigenvalue weighted by Gasteiger charge is 2.34. The molecule has 21 heavy (non-hydrogen) atoms. The van der Waals surface area contributed by atoms with Crippen LogP contribution in [0.25, 0.3) is 0 Å². The van der Waals surface area contributed by atoms with Crippen LogP contribution in [0.2, 0.25) is 0 Å². The summed E-state index contributed by atoms with van der Waals surface area (Å²) in [5.74, 6) is 0.426. The Morgan fingerprint density at radius 2 is 1.86 bits per heavy atom. The zero-order chi connectivity index (χ0) is 15.6. The van der Waals surface area contributed by atoms with E-state index in [1.54, 1.807) is 31.3 Å².